The molecule has 0 aromatic rings. The van der Waals surface area contributed by atoms with Crippen molar-refractivity contribution in [1.82, 2.24) is 0 Å². The third kappa shape index (κ3) is 19.5. The average Bonchev–Trinajstić information content (AvgIpc) is 2.31. The Hall–Kier alpha value is 1.51. The van der Waals surface area contributed by atoms with Gasteiger partial charge in [0.15, 0.2) is 0 Å². The molecule has 116 valence electrons. The van der Waals surface area contributed by atoms with Gasteiger partial charge in [0.1, 0.15) is 0 Å². The van der Waals surface area contributed by atoms with E-state index in [9.17, 15) is 18.1 Å². The van der Waals surface area contributed by atoms with Crippen LogP contribution < -0.4 is 51.4 Å². The minimum atomic E-state index is -4.03. The van der Waals surface area contributed by atoms with Gasteiger partial charge in [0.2, 0.25) is 0 Å². The second kappa shape index (κ2) is 15.4. The van der Waals surface area contributed by atoms with E-state index in [0.717, 1.165) is 51.4 Å². The van der Waals surface area contributed by atoms with Gasteiger partial charge in [-0.15, -0.1) is 0 Å². The first kappa shape index (κ1) is 23.8. The van der Waals surface area contributed by atoms with Crippen LogP contribution in [-0.2, 0) is 10.1 Å². The summed E-state index contributed by atoms with van der Waals surface area (Å²) in [5.74, 6) is -0.233. The van der Waals surface area contributed by atoms with E-state index < -0.39 is 10.1 Å². The van der Waals surface area contributed by atoms with Crippen LogP contribution in [0.4, 0.5) is 0 Å². The number of aliphatic hydroxyl groups excluding tert-OH is 1. The van der Waals surface area contributed by atoms with Crippen molar-refractivity contribution in [3.63, 3.8) is 0 Å². The smallest absolute Gasteiger partial charge is 0.748 e. The molecule has 0 aliphatic heterocycles. The van der Waals surface area contributed by atoms with Crippen LogP contribution in [0.5, 0.6) is 0 Å². The van der Waals surface area contributed by atoms with Gasteiger partial charge in [0.25, 0.3) is 0 Å². The number of aliphatic hydroxyl groups is 1. The van der Waals surface area contributed by atoms with Gasteiger partial charge in [-0.3, -0.25) is 0 Å². The van der Waals surface area contributed by atoms with Crippen molar-refractivity contribution in [1.29, 1.82) is 0 Å². The van der Waals surface area contributed by atoms with Crippen LogP contribution in [0.1, 0.15) is 77.6 Å². The van der Waals surface area contributed by atoms with Gasteiger partial charge in [0, 0.05) is 5.75 Å². The fraction of sp³-hybridized carbons (Fsp3) is 1.00. The Morgan fingerprint density at radius 1 is 0.900 bits per heavy atom. The average molecular weight is 333 g/mol. The van der Waals surface area contributed by atoms with Crippen molar-refractivity contribution < 1.29 is 69.5 Å². The Kier molecular flexibility index (Phi) is 18.3. The summed E-state index contributed by atoms with van der Waals surface area (Å²) in [6.07, 6.45) is 10.5. The summed E-state index contributed by atoms with van der Waals surface area (Å²) in [5, 5.41) is 9.70. The van der Waals surface area contributed by atoms with Gasteiger partial charge in [-0.05, 0) is 19.3 Å². The molecule has 0 fully saturated rings. The standard InChI is InChI=1S/C14H30O4S.K/c1-2-3-8-11-14(15)12-9-6-4-5-7-10-13-19(16,17)18;/h14-15H,2-13H2,1H3,(H,16,17,18);/q;+1/p-1. The first-order valence-electron chi connectivity index (χ1n) is 7.57. The molecule has 0 saturated heterocycles. The number of hydrogen-bond acceptors (Lipinski definition) is 4. The molecular formula is C14H29KO4S. The quantitative estimate of drug-likeness (QED) is 0.297. The predicted molar refractivity (Wildman–Crippen MR) is 77.0 cm³/mol. The van der Waals surface area contributed by atoms with Crippen molar-refractivity contribution in [3.05, 3.63) is 0 Å². The van der Waals surface area contributed by atoms with Crippen LogP contribution in [0.2, 0.25) is 0 Å². The van der Waals surface area contributed by atoms with Crippen molar-refractivity contribution in [2.24, 2.45) is 0 Å². The van der Waals surface area contributed by atoms with E-state index >= 15 is 0 Å². The molecule has 0 amide bonds. The van der Waals surface area contributed by atoms with Crippen LogP contribution in [0, 0.1) is 0 Å². The van der Waals surface area contributed by atoms with Gasteiger partial charge in [0.05, 0.1) is 16.2 Å². The molecule has 0 aromatic carbocycles. The van der Waals surface area contributed by atoms with Gasteiger partial charge in [-0.2, -0.15) is 0 Å². The molecule has 0 aliphatic carbocycles. The molecule has 0 spiro atoms. The molecular weight excluding hydrogens is 303 g/mol. The van der Waals surface area contributed by atoms with Crippen LogP contribution >= 0.6 is 0 Å². The van der Waals surface area contributed by atoms with Gasteiger partial charge in [-0.25, -0.2) is 8.42 Å². The summed E-state index contributed by atoms with van der Waals surface area (Å²) in [7, 11) is -4.03. The van der Waals surface area contributed by atoms with Gasteiger partial charge < -0.3 is 9.66 Å². The second-order valence-corrected chi connectivity index (χ2v) is 6.85. The zero-order chi connectivity index (χ0) is 14.6. The minimum absolute atomic E-state index is 0. The molecule has 0 aliphatic rings. The maximum absolute atomic E-state index is 10.4. The Balaban J connectivity index is 0. The number of unbranched alkanes of at least 4 members (excludes halogenated alkanes) is 7. The Morgan fingerprint density at radius 3 is 1.85 bits per heavy atom. The Labute approximate surface area is 167 Å². The molecule has 0 bridgehead atoms. The number of rotatable bonds is 13. The largest absolute Gasteiger partial charge is 1.00 e. The molecule has 1 N–H and O–H groups in total. The second-order valence-electron chi connectivity index (χ2n) is 5.32. The topological polar surface area (TPSA) is 77.4 Å². The van der Waals surface area contributed by atoms with Crippen molar-refractivity contribution in [3.8, 4) is 0 Å². The molecule has 1 unspecified atom stereocenters. The SMILES string of the molecule is CCCCCC(O)CCCCCCCCS(=O)(=O)[O-].[K+]. The van der Waals surface area contributed by atoms with E-state index in [4.69, 9.17) is 0 Å². The first-order valence-corrected chi connectivity index (χ1v) is 9.15. The molecule has 0 rings (SSSR count). The van der Waals surface area contributed by atoms with Crippen LogP contribution in [-0.4, -0.2) is 29.9 Å². The molecule has 4 nitrogen and oxygen atoms in total. The van der Waals surface area contributed by atoms with Crippen LogP contribution in [0.3, 0.4) is 0 Å². The fourth-order valence-electron chi connectivity index (χ4n) is 2.14. The maximum Gasteiger partial charge on any atom is 1.00 e. The van der Waals surface area contributed by atoms with E-state index in [1.165, 1.54) is 12.8 Å². The Bertz CT molecular complexity index is 294. The Morgan fingerprint density at radius 2 is 1.35 bits per heavy atom. The summed E-state index contributed by atoms with van der Waals surface area (Å²) in [4.78, 5) is 0. The molecule has 1 atom stereocenters. The third-order valence-electron chi connectivity index (χ3n) is 3.32. The summed E-state index contributed by atoms with van der Waals surface area (Å²) in [6.45, 7) is 2.16. The maximum atomic E-state index is 10.4. The molecule has 6 heteroatoms. The first-order chi connectivity index (χ1) is 8.95. The summed E-state index contributed by atoms with van der Waals surface area (Å²) in [5.41, 5.74) is 0. The van der Waals surface area contributed by atoms with E-state index in [1.54, 1.807) is 0 Å². The minimum Gasteiger partial charge on any atom is -0.748 e. The van der Waals surface area contributed by atoms with Crippen LogP contribution in [0.25, 0.3) is 0 Å². The molecule has 0 aromatic heterocycles. The summed E-state index contributed by atoms with van der Waals surface area (Å²) < 4.78 is 31.1. The van der Waals surface area contributed by atoms with Crippen molar-refractivity contribution in [2.75, 3.05) is 5.75 Å². The van der Waals surface area contributed by atoms with Crippen molar-refractivity contribution in [2.45, 2.75) is 83.7 Å². The monoisotopic (exact) mass is 332 g/mol. The zero-order valence-electron chi connectivity index (χ0n) is 13.1. The van der Waals surface area contributed by atoms with Gasteiger partial charge >= 0.3 is 51.4 Å². The fourth-order valence-corrected chi connectivity index (χ4v) is 2.70. The summed E-state index contributed by atoms with van der Waals surface area (Å²) >= 11 is 0. The van der Waals surface area contributed by atoms with E-state index in [0.29, 0.717) is 6.42 Å². The van der Waals surface area contributed by atoms with E-state index in [1.807, 2.05) is 0 Å². The molecule has 0 heterocycles. The third-order valence-corrected chi connectivity index (χ3v) is 4.11. The molecule has 20 heavy (non-hydrogen) atoms. The van der Waals surface area contributed by atoms with E-state index in [-0.39, 0.29) is 63.2 Å². The summed E-state index contributed by atoms with van der Waals surface area (Å²) in [6, 6.07) is 0. The predicted octanol–water partition coefficient (Wildman–Crippen LogP) is 0.208. The molecule has 0 radical (unpaired) electrons. The van der Waals surface area contributed by atoms with E-state index in [2.05, 4.69) is 6.92 Å². The zero-order valence-corrected chi connectivity index (χ0v) is 17.1. The normalized spacial score (nSPS) is 12.9. The number of hydrogen-bond donors (Lipinski definition) is 1. The van der Waals surface area contributed by atoms with Crippen LogP contribution in [0.15, 0.2) is 0 Å². The molecule has 0 saturated carbocycles. The van der Waals surface area contributed by atoms with Crippen molar-refractivity contribution >= 4 is 10.1 Å². The van der Waals surface area contributed by atoms with Gasteiger partial charge in [-0.1, -0.05) is 58.3 Å².